The minimum Gasteiger partial charge on any atom is -0.0840 e. The van der Waals surface area contributed by atoms with E-state index in [0.717, 1.165) is 27.9 Å². The van der Waals surface area contributed by atoms with Gasteiger partial charge in [0.05, 0.1) is 0 Å². The summed E-state index contributed by atoms with van der Waals surface area (Å²) in [6.45, 7) is 0. The monoisotopic (exact) mass is 242 g/mol. The summed E-state index contributed by atoms with van der Waals surface area (Å²) in [5.74, 6) is 0.788. The van der Waals surface area contributed by atoms with Crippen LogP contribution in [0.1, 0.15) is 37.7 Å². The minimum absolute atomic E-state index is 0.788. The molecule has 0 heterocycles. The molecule has 2 rings (SSSR count). The lowest BCUT2D eigenvalue weighted by Crippen LogP contribution is -2.09. The molecule has 0 radical (unpaired) electrons. The van der Waals surface area contributed by atoms with Crippen molar-refractivity contribution in [2.45, 2.75) is 38.5 Å². The van der Waals surface area contributed by atoms with Crippen LogP contribution >= 0.6 is 23.2 Å². The first kappa shape index (κ1) is 11.3. The maximum atomic E-state index is 6.16. The molecule has 1 aromatic carbocycles. The third-order valence-electron chi connectivity index (χ3n) is 3.28. The molecule has 0 spiro atoms. The Bertz CT molecular complexity index is 307. The molecule has 1 saturated carbocycles. The molecule has 0 amide bonds. The summed E-state index contributed by atoms with van der Waals surface area (Å²) in [6.07, 6.45) is 7.86. The zero-order valence-corrected chi connectivity index (χ0v) is 10.3. The van der Waals surface area contributed by atoms with Crippen LogP contribution in [0.2, 0.25) is 10.0 Å². The molecule has 0 bridgehead atoms. The van der Waals surface area contributed by atoms with E-state index >= 15 is 0 Å². The number of rotatable bonds is 2. The van der Waals surface area contributed by atoms with Gasteiger partial charge in [-0.1, -0.05) is 61.4 Å². The Hall–Kier alpha value is -0.200. The van der Waals surface area contributed by atoms with Gasteiger partial charge in [0.25, 0.3) is 0 Å². The van der Waals surface area contributed by atoms with E-state index < -0.39 is 0 Å². The van der Waals surface area contributed by atoms with E-state index in [9.17, 15) is 0 Å². The highest BCUT2D eigenvalue weighted by Gasteiger charge is 2.16. The topological polar surface area (TPSA) is 0 Å². The van der Waals surface area contributed by atoms with Gasteiger partial charge in [0.2, 0.25) is 0 Å². The molecule has 1 aromatic rings. The lowest BCUT2D eigenvalue weighted by Gasteiger charge is -2.22. The van der Waals surface area contributed by atoms with Crippen LogP contribution in [0.15, 0.2) is 18.2 Å². The number of hydrogen-bond donors (Lipinski definition) is 0. The average Bonchev–Trinajstić information content (AvgIpc) is 2.25. The second-order valence-electron chi connectivity index (χ2n) is 4.41. The Labute approximate surface area is 102 Å². The zero-order valence-electron chi connectivity index (χ0n) is 8.81. The van der Waals surface area contributed by atoms with Gasteiger partial charge in [0, 0.05) is 10.0 Å². The summed E-state index contributed by atoms with van der Waals surface area (Å²) in [5, 5.41) is 1.65. The lowest BCUT2D eigenvalue weighted by atomic mass is 9.85. The number of hydrogen-bond acceptors (Lipinski definition) is 0. The Kier molecular flexibility index (Phi) is 3.93. The van der Waals surface area contributed by atoms with Gasteiger partial charge in [-0.2, -0.15) is 0 Å². The fraction of sp³-hybridized carbons (Fsp3) is 0.538. The van der Waals surface area contributed by atoms with Gasteiger partial charge in [0.1, 0.15) is 0 Å². The van der Waals surface area contributed by atoms with Crippen LogP contribution in [0.25, 0.3) is 0 Å². The van der Waals surface area contributed by atoms with Crippen molar-refractivity contribution in [2.24, 2.45) is 5.92 Å². The van der Waals surface area contributed by atoms with Crippen molar-refractivity contribution >= 4 is 23.2 Å². The molecule has 1 aliphatic carbocycles. The van der Waals surface area contributed by atoms with Crippen molar-refractivity contribution < 1.29 is 0 Å². The van der Waals surface area contributed by atoms with Crippen LogP contribution in [0.3, 0.4) is 0 Å². The van der Waals surface area contributed by atoms with Crippen molar-refractivity contribution in [3.8, 4) is 0 Å². The lowest BCUT2D eigenvalue weighted by molar-refractivity contribution is 0.357. The second kappa shape index (κ2) is 5.23. The molecule has 82 valence electrons. The standard InChI is InChI=1S/C13H16Cl2/c14-12-7-4-8-13(15)11(12)9-10-5-2-1-3-6-10/h4,7-8,10H,1-3,5-6,9H2. The molecule has 0 atom stereocenters. The van der Waals surface area contributed by atoms with Crippen LogP contribution in [0.5, 0.6) is 0 Å². The molecule has 2 heteroatoms. The highest BCUT2D eigenvalue weighted by molar-refractivity contribution is 6.35. The molecule has 15 heavy (non-hydrogen) atoms. The quantitative estimate of drug-likeness (QED) is 0.676. The van der Waals surface area contributed by atoms with Crippen LogP contribution in [0, 0.1) is 5.92 Å². The van der Waals surface area contributed by atoms with Crippen molar-refractivity contribution in [1.82, 2.24) is 0 Å². The molecule has 0 nitrogen and oxygen atoms in total. The molecule has 0 saturated heterocycles. The predicted molar refractivity (Wildman–Crippen MR) is 66.7 cm³/mol. The van der Waals surface area contributed by atoms with Crippen LogP contribution in [0.4, 0.5) is 0 Å². The molecular formula is C13H16Cl2. The van der Waals surface area contributed by atoms with Crippen molar-refractivity contribution in [2.75, 3.05) is 0 Å². The average molecular weight is 243 g/mol. The molecule has 0 aliphatic heterocycles. The van der Waals surface area contributed by atoms with Crippen LogP contribution in [-0.4, -0.2) is 0 Å². The summed E-state index contributed by atoms with van der Waals surface area (Å²) < 4.78 is 0. The normalized spacial score (nSPS) is 18.0. The van der Waals surface area contributed by atoms with E-state index in [4.69, 9.17) is 23.2 Å². The fourth-order valence-electron chi connectivity index (χ4n) is 2.41. The fourth-order valence-corrected chi connectivity index (χ4v) is 2.96. The molecule has 1 aliphatic rings. The van der Waals surface area contributed by atoms with Gasteiger partial charge < -0.3 is 0 Å². The summed E-state index contributed by atoms with van der Waals surface area (Å²) in [5.41, 5.74) is 1.15. The first-order chi connectivity index (χ1) is 7.27. The minimum atomic E-state index is 0.788. The van der Waals surface area contributed by atoms with Crippen LogP contribution in [-0.2, 0) is 6.42 Å². The van der Waals surface area contributed by atoms with E-state index in [1.807, 2.05) is 18.2 Å². The van der Waals surface area contributed by atoms with E-state index in [1.54, 1.807) is 0 Å². The third-order valence-corrected chi connectivity index (χ3v) is 3.99. The van der Waals surface area contributed by atoms with E-state index in [-0.39, 0.29) is 0 Å². The first-order valence-electron chi connectivity index (χ1n) is 5.70. The van der Waals surface area contributed by atoms with E-state index in [0.29, 0.717) is 0 Å². The third kappa shape index (κ3) is 2.89. The van der Waals surface area contributed by atoms with Gasteiger partial charge in [-0.3, -0.25) is 0 Å². The Morgan fingerprint density at radius 2 is 1.60 bits per heavy atom. The summed E-state index contributed by atoms with van der Waals surface area (Å²) in [4.78, 5) is 0. The largest absolute Gasteiger partial charge is 0.0840 e. The highest BCUT2D eigenvalue weighted by atomic mass is 35.5. The smallest absolute Gasteiger partial charge is 0.0452 e. The first-order valence-corrected chi connectivity index (χ1v) is 6.46. The summed E-state index contributed by atoms with van der Waals surface area (Å²) in [7, 11) is 0. The molecule has 0 unspecified atom stereocenters. The van der Waals surface area contributed by atoms with E-state index in [2.05, 4.69) is 0 Å². The van der Waals surface area contributed by atoms with Gasteiger partial charge >= 0.3 is 0 Å². The van der Waals surface area contributed by atoms with Crippen molar-refractivity contribution in [3.63, 3.8) is 0 Å². The van der Waals surface area contributed by atoms with Crippen molar-refractivity contribution in [3.05, 3.63) is 33.8 Å². The molecule has 0 N–H and O–H groups in total. The van der Waals surface area contributed by atoms with Gasteiger partial charge in [-0.25, -0.2) is 0 Å². The Morgan fingerprint density at radius 3 is 2.20 bits per heavy atom. The summed E-state index contributed by atoms with van der Waals surface area (Å²) >= 11 is 12.3. The van der Waals surface area contributed by atoms with E-state index in [1.165, 1.54) is 32.1 Å². The zero-order chi connectivity index (χ0) is 10.7. The number of benzene rings is 1. The summed E-state index contributed by atoms with van der Waals surface area (Å²) in [6, 6.07) is 5.78. The second-order valence-corrected chi connectivity index (χ2v) is 5.22. The van der Waals surface area contributed by atoms with Crippen molar-refractivity contribution in [1.29, 1.82) is 0 Å². The molecular weight excluding hydrogens is 227 g/mol. The van der Waals surface area contributed by atoms with Gasteiger partial charge in [-0.15, -0.1) is 0 Å². The molecule has 0 aromatic heterocycles. The maximum absolute atomic E-state index is 6.16. The van der Waals surface area contributed by atoms with Gasteiger partial charge in [-0.05, 0) is 30.0 Å². The predicted octanol–water partition coefficient (Wildman–Crippen LogP) is 5.12. The Balaban J connectivity index is 2.09. The SMILES string of the molecule is Clc1cccc(Cl)c1CC1CCCCC1. The van der Waals surface area contributed by atoms with Crippen LogP contribution < -0.4 is 0 Å². The Morgan fingerprint density at radius 1 is 1.00 bits per heavy atom. The maximum Gasteiger partial charge on any atom is 0.0452 e. The molecule has 1 fully saturated rings. The number of halogens is 2. The van der Waals surface area contributed by atoms with Gasteiger partial charge in [0.15, 0.2) is 0 Å². The highest BCUT2D eigenvalue weighted by Crippen LogP contribution is 2.32.